The van der Waals surface area contributed by atoms with Gasteiger partial charge < -0.3 is 10.6 Å². The van der Waals surface area contributed by atoms with Gasteiger partial charge in [0.2, 0.25) is 0 Å². The molecule has 1 fully saturated rings. The number of benzene rings is 1. The highest BCUT2D eigenvalue weighted by Crippen LogP contribution is 2.25. The van der Waals surface area contributed by atoms with Gasteiger partial charge in [-0.3, -0.25) is 0 Å². The molecule has 1 aliphatic heterocycles. The van der Waals surface area contributed by atoms with E-state index in [4.69, 9.17) is 0 Å². The van der Waals surface area contributed by atoms with Crippen molar-refractivity contribution in [3.05, 3.63) is 40.4 Å². The molecule has 0 radical (unpaired) electrons. The third-order valence-corrected chi connectivity index (χ3v) is 4.05. The SMILES string of the molecule is Cc1ccc(Br)cc1-c1ccc(NC2CCNC2)nn1. The normalized spacial score (nSPS) is 18.2. The predicted octanol–water partition coefficient (Wildman–Crippen LogP) is 2.99. The van der Waals surface area contributed by atoms with Crippen LogP contribution < -0.4 is 10.6 Å². The van der Waals surface area contributed by atoms with E-state index in [1.807, 2.05) is 18.2 Å². The average molecular weight is 333 g/mol. The van der Waals surface area contributed by atoms with Crippen LogP contribution in [-0.2, 0) is 0 Å². The van der Waals surface area contributed by atoms with Gasteiger partial charge in [-0.2, -0.15) is 0 Å². The van der Waals surface area contributed by atoms with Crippen molar-refractivity contribution in [3.8, 4) is 11.3 Å². The summed E-state index contributed by atoms with van der Waals surface area (Å²) in [6.45, 7) is 4.15. The van der Waals surface area contributed by atoms with Gasteiger partial charge in [-0.25, -0.2) is 0 Å². The Balaban J connectivity index is 1.79. The Labute approximate surface area is 127 Å². The Bertz CT molecular complexity index is 591. The van der Waals surface area contributed by atoms with Crippen molar-refractivity contribution in [3.63, 3.8) is 0 Å². The standard InChI is InChI=1S/C15H17BrN4/c1-10-2-3-11(16)8-13(10)14-4-5-15(20-19-14)18-12-6-7-17-9-12/h2-5,8,12,17H,6-7,9H2,1H3,(H,18,20). The molecule has 104 valence electrons. The summed E-state index contributed by atoms with van der Waals surface area (Å²) in [5.41, 5.74) is 3.21. The van der Waals surface area contributed by atoms with Gasteiger partial charge in [0, 0.05) is 22.6 Å². The first-order chi connectivity index (χ1) is 9.72. The highest BCUT2D eigenvalue weighted by atomic mass is 79.9. The second kappa shape index (κ2) is 5.89. The molecule has 1 aromatic heterocycles. The summed E-state index contributed by atoms with van der Waals surface area (Å²) >= 11 is 3.50. The van der Waals surface area contributed by atoms with Crippen LogP contribution in [-0.4, -0.2) is 29.3 Å². The highest BCUT2D eigenvalue weighted by molar-refractivity contribution is 9.10. The lowest BCUT2D eigenvalue weighted by Crippen LogP contribution is -2.22. The molecule has 0 saturated carbocycles. The molecule has 1 atom stereocenters. The molecule has 2 N–H and O–H groups in total. The van der Waals surface area contributed by atoms with Gasteiger partial charge in [0.15, 0.2) is 0 Å². The van der Waals surface area contributed by atoms with Crippen LogP contribution in [0.5, 0.6) is 0 Å². The molecule has 2 aromatic rings. The Hall–Kier alpha value is -1.46. The molecule has 0 amide bonds. The zero-order valence-corrected chi connectivity index (χ0v) is 12.9. The summed E-state index contributed by atoms with van der Waals surface area (Å²) in [6, 6.07) is 10.7. The number of rotatable bonds is 3. The lowest BCUT2D eigenvalue weighted by atomic mass is 10.1. The Morgan fingerprint density at radius 1 is 1.25 bits per heavy atom. The minimum Gasteiger partial charge on any atom is -0.365 e. The average Bonchev–Trinajstić information content (AvgIpc) is 2.95. The van der Waals surface area contributed by atoms with Gasteiger partial charge in [0.1, 0.15) is 5.82 Å². The first-order valence-electron chi connectivity index (χ1n) is 6.80. The molecule has 1 unspecified atom stereocenters. The van der Waals surface area contributed by atoms with E-state index in [1.165, 1.54) is 5.56 Å². The van der Waals surface area contributed by atoms with Gasteiger partial charge in [-0.05, 0) is 49.7 Å². The monoisotopic (exact) mass is 332 g/mol. The number of nitrogens with one attached hydrogen (secondary N) is 2. The van der Waals surface area contributed by atoms with E-state index in [0.29, 0.717) is 6.04 Å². The minimum absolute atomic E-state index is 0.461. The van der Waals surface area contributed by atoms with E-state index in [2.05, 4.69) is 55.8 Å². The molecular weight excluding hydrogens is 316 g/mol. The van der Waals surface area contributed by atoms with Gasteiger partial charge >= 0.3 is 0 Å². The van der Waals surface area contributed by atoms with Crippen LogP contribution in [0.1, 0.15) is 12.0 Å². The largest absolute Gasteiger partial charge is 0.365 e. The fraction of sp³-hybridized carbons (Fsp3) is 0.333. The summed E-state index contributed by atoms with van der Waals surface area (Å²) in [5.74, 6) is 0.843. The predicted molar refractivity (Wildman–Crippen MR) is 84.8 cm³/mol. The molecule has 0 spiro atoms. The third kappa shape index (κ3) is 2.99. The lowest BCUT2D eigenvalue weighted by molar-refractivity contribution is 0.783. The summed E-state index contributed by atoms with van der Waals surface area (Å²) < 4.78 is 1.05. The zero-order valence-electron chi connectivity index (χ0n) is 11.4. The van der Waals surface area contributed by atoms with E-state index in [-0.39, 0.29) is 0 Å². The Morgan fingerprint density at radius 3 is 2.85 bits per heavy atom. The number of aromatic nitrogens is 2. The second-order valence-corrected chi connectivity index (χ2v) is 6.01. The van der Waals surface area contributed by atoms with Crippen molar-refractivity contribution in [2.45, 2.75) is 19.4 Å². The number of aryl methyl sites for hydroxylation is 1. The second-order valence-electron chi connectivity index (χ2n) is 5.10. The van der Waals surface area contributed by atoms with Crippen LogP contribution in [0.4, 0.5) is 5.82 Å². The van der Waals surface area contributed by atoms with Crippen LogP contribution in [0.15, 0.2) is 34.8 Å². The fourth-order valence-electron chi connectivity index (χ4n) is 2.41. The molecule has 4 nitrogen and oxygen atoms in total. The van der Waals surface area contributed by atoms with Gasteiger partial charge in [-0.1, -0.05) is 22.0 Å². The molecule has 20 heavy (non-hydrogen) atoms. The fourth-order valence-corrected chi connectivity index (χ4v) is 2.77. The topological polar surface area (TPSA) is 49.8 Å². The van der Waals surface area contributed by atoms with Crippen LogP contribution >= 0.6 is 15.9 Å². The molecule has 3 rings (SSSR count). The van der Waals surface area contributed by atoms with Crippen LogP contribution in [0.2, 0.25) is 0 Å². The number of hydrogen-bond acceptors (Lipinski definition) is 4. The summed E-state index contributed by atoms with van der Waals surface area (Å²) in [4.78, 5) is 0. The Morgan fingerprint density at radius 2 is 2.15 bits per heavy atom. The molecule has 0 aliphatic carbocycles. The minimum atomic E-state index is 0.461. The molecule has 5 heteroatoms. The lowest BCUT2D eigenvalue weighted by Gasteiger charge is -2.12. The molecule has 1 saturated heterocycles. The Kier molecular flexibility index (Phi) is 3.98. The maximum atomic E-state index is 4.34. The van der Waals surface area contributed by atoms with Crippen LogP contribution in [0, 0.1) is 6.92 Å². The summed E-state index contributed by atoms with van der Waals surface area (Å²) in [5, 5.41) is 15.4. The van der Waals surface area contributed by atoms with Crippen LogP contribution in [0.3, 0.4) is 0 Å². The van der Waals surface area contributed by atoms with Crippen molar-refractivity contribution in [1.82, 2.24) is 15.5 Å². The van der Waals surface area contributed by atoms with Crippen molar-refractivity contribution < 1.29 is 0 Å². The summed E-state index contributed by atoms with van der Waals surface area (Å²) in [7, 11) is 0. The first kappa shape index (κ1) is 13.5. The molecule has 1 aliphatic rings. The van der Waals surface area contributed by atoms with Crippen molar-refractivity contribution in [2.75, 3.05) is 18.4 Å². The van der Waals surface area contributed by atoms with Gasteiger partial charge in [0.25, 0.3) is 0 Å². The molecular formula is C15H17BrN4. The van der Waals surface area contributed by atoms with Crippen molar-refractivity contribution in [1.29, 1.82) is 0 Å². The first-order valence-corrected chi connectivity index (χ1v) is 7.59. The zero-order chi connectivity index (χ0) is 13.9. The number of nitrogens with zero attached hydrogens (tertiary/aromatic N) is 2. The summed E-state index contributed by atoms with van der Waals surface area (Å²) in [6.07, 6.45) is 1.13. The number of anilines is 1. The maximum Gasteiger partial charge on any atom is 0.148 e. The van der Waals surface area contributed by atoms with E-state index < -0.39 is 0 Å². The maximum absolute atomic E-state index is 4.34. The van der Waals surface area contributed by atoms with Crippen molar-refractivity contribution in [2.24, 2.45) is 0 Å². The molecule has 1 aromatic carbocycles. The number of hydrogen-bond donors (Lipinski definition) is 2. The van der Waals surface area contributed by atoms with E-state index >= 15 is 0 Å². The smallest absolute Gasteiger partial charge is 0.148 e. The van der Waals surface area contributed by atoms with Gasteiger partial charge in [0.05, 0.1) is 5.69 Å². The van der Waals surface area contributed by atoms with Gasteiger partial charge in [-0.15, -0.1) is 10.2 Å². The number of halogens is 1. The highest BCUT2D eigenvalue weighted by Gasteiger charge is 2.14. The molecule has 2 heterocycles. The third-order valence-electron chi connectivity index (χ3n) is 3.55. The van der Waals surface area contributed by atoms with Crippen LogP contribution in [0.25, 0.3) is 11.3 Å². The van der Waals surface area contributed by atoms with E-state index in [1.54, 1.807) is 0 Å². The molecule has 0 bridgehead atoms. The van der Waals surface area contributed by atoms with Crippen molar-refractivity contribution >= 4 is 21.7 Å². The van der Waals surface area contributed by atoms with E-state index in [9.17, 15) is 0 Å². The van der Waals surface area contributed by atoms with E-state index in [0.717, 1.165) is 41.1 Å². The quantitative estimate of drug-likeness (QED) is 0.907.